The number of amides is 1. The number of hydrogen-bond acceptors (Lipinski definition) is 4. The van der Waals surface area contributed by atoms with Gasteiger partial charge in [-0.3, -0.25) is 4.79 Å². The van der Waals surface area contributed by atoms with E-state index in [9.17, 15) is 14.7 Å². The van der Waals surface area contributed by atoms with Gasteiger partial charge in [-0.25, -0.2) is 4.79 Å². The second-order valence-corrected chi connectivity index (χ2v) is 16.1. The van der Waals surface area contributed by atoms with E-state index in [0.29, 0.717) is 22.1 Å². The number of aliphatic hydroxyl groups excluding tert-OH is 1. The van der Waals surface area contributed by atoms with E-state index >= 15 is 0 Å². The van der Waals surface area contributed by atoms with Crippen molar-refractivity contribution in [3.63, 3.8) is 0 Å². The highest BCUT2D eigenvalue weighted by Crippen LogP contribution is 2.10. The van der Waals surface area contributed by atoms with Crippen molar-refractivity contribution in [2.45, 2.75) is 58.7 Å². The van der Waals surface area contributed by atoms with Crippen molar-refractivity contribution in [1.29, 1.82) is 0 Å². The molecule has 0 saturated carbocycles. The molecule has 9 heteroatoms. The van der Waals surface area contributed by atoms with Crippen LogP contribution in [0.2, 0.25) is 19.6 Å². The Kier molecular flexibility index (Phi) is 14.7. The molecule has 1 aromatic carbocycles. The maximum atomic E-state index is 11.9. The van der Waals surface area contributed by atoms with E-state index in [1.54, 1.807) is 0 Å². The first-order valence-corrected chi connectivity index (χ1v) is 14.7. The Balaban J connectivity index is 0. The molecule has 0 saturated heterocycles. The predicted octanol–water partition coefficient (Wildman–Crippen LogP) is 2.43. The Hall–Kier alpha value is -1.78. The molecule has 1 rings (SSSR count). The van der Waals surface area contributed by atoms with Gasteiger partial charge in [-0.2, -0.15) is 0 Å². The average Bonchev–Trinajstić information content (AvgIpc) is 2.58. The zero-order valence-corrected chi connectivity index (χ0v) is 23.3. The molecular weight excluding hydrogens is 450 g/mol. The smallest absolute Gasteiger partial charge is 0.337 e. The molecule has 1 amide bonds. The molecule has 3 unspecified atom stereocenters. The van der Waals surface area contributed by atoms with Crippen molar-refractivity contribution < 1.29 is 33.2 Å². The number of carbonyl (C=O) groups is 2. The van der Waals surface area contributed by atoms with Crippen molar-refractivity contribution in [1.82, 2.24) is 5.32 Å². The lowest BCUT2D eigenvalue weighted by atomic mass is 10.1. The van der Waals surface area contributed by atoms with E-state index in [2.05, 4.69) is 5.32 Å². The number of rotatable bonds is 11. The van der Waals surface area contributed by atoms with Gasteiger partial charge in [-0.05, 0) is 38.5 Å². The lowest BCUT2D eigenvalue weighted by molar-refractivity contribution is -0.872. The second kappa shape index (κ2) is 14.6. The first kappa shape index (κ1) is 34.4. The normalized spacial score (nSPS) is 14.6. The third-order valence-electron chi connectivity index (χ3n) is 4.28. The number of hydrogen-bond donors (Lipinski definition) is 3. The Morgan fingerprint density at radius 2 is 1.44 bits per heavy atom. The summed E-state index contributed by atoms with van der Waals surface area (Å²) in [7, 11) is 9.96. The molecule has 0 aliphatic heterocycles. The van der Waals surface area contributed by atoms with Crippen LogP contribution >= 0.6 is 0 Å². The molecule has 0 fully saturated rings. The van der Waals surface area contributed by atoms with Crippen LogP contribution in [0.25, 0.3) is 0 Å². The summed E-state index contributed by atoms with van der Waals surface area (Å²) in [4.78, 5) is 22.8. The molecule has 0 heterocycles. The first-order valence-electron chi connectivity index (χ1n) is 11.3. The lowest BCUT2D eigenvalue weighted by Crippen LogP contribution is -2.49. The molecule has 34 heavy (non-hydrogen) atoms. The number of nitrogens with one attached hydrogen (secondary N) is 1. The summed E-state index contributed by atoms with van der Waals surface area (Å²) in [5.74, 6) is -1.16. The Morgan fingerprint density at radius 1 is 0.971 bits per heavy atom. The number of likely N-dealkylation sites (N-methyl/N-ethyl adjacent to an activating group) is 2. The number of aliphatic carboxylic acids is 1. The van der Waals surface area contributed by atoms with Gasteiger partial charge in [-0.1, -0.05) is 37.8 Å². The summed E-state index contributed by atoms with van der Waals surface area (Å²) in [6, 6.07) is 10.0. The molecule has 1 aromatic rings. The zero-order valence-electron chi connectivity index (χ0n) is 22.3. The summed E-state index contributed by atoms with van der Waals surface area (Å²) in [5, 5.41) is 21.7. The van der Waals surface area contributed by atoms with E-state index < -0.39 is 26.5 Å². The Bertz CT molecular complexity index is 709. The highest BCUT2D eigenvalue weighted by molar-refractivity contribution is 6.69. The molecule has 0 aromatic heterocycles. The molecule has 0 radical (unpaired) electrons. The van der Waals surface area contributed by atoms with Gasteiger partial charge in [0.25, 0.3) is 5.91 Å². The molecule has 0 aliphatic rings. The van der Waals surface area contributed by atoms with Crippen LogP contribution in [-0.4, -0.2) is 113 Å². The molecule has 198 valence electrons. The SMILES string of the molecule is C.CC(Cc1ccccc1)NC(=O)C(O)C[N+](C)(C)C.C[N+](C)(C)CC(O[Si](C)(C)C)C(=O)O. The third kappa shape index (κ3) is 18.6. The van der Waals surface area contributed by atoms with E-state index in [1.165, 1.54) is 5.56 Å². The minimum absolute atomic E-state index is 0. The van der Waals surface area contributed by atoms with Crippen molar-refractivity contribution in [2.75, 3.05) is 55.4 Å². The van der Waals surface area contributed by atoms with Gasteiger partial charge in [0.2, 0.25) is 0 Å². The van der Waals surface area contributed by atoms with Crippen LogP contribution in [0.5, 0.6) is 0 Å². The molecule has 0 aliphatic carbocycles. The topological polar surface area (TPSA) is 95.9 Å². The van der Waals surface area contributed by atoms with Gasteiger partial charge < -0.3 is 28.9 Å². The van der Waals surface area contributed by atoms with Crippen LogP contribution in [-0.2, 0) is 20.4 Å². The maximum absolute atomic E-state index is 11.9. The predicted molar refractivity (Wildman–Crippen MR) is 142 cm³/mol. The van der Waals surface area contributed by atoms with Crippen LogP contribution in [0.3, 0.4) is 0 Å². The lowest BCUT2D eigenvalue weighted by Gasteiger charge is -2.30. The summed E-state index contributed by atoms with van der Waals surface area (Å²) in [5.41, 5.74) is 1.18. The molecule has 0 bridgehead atoms. The van der Waals surface area contributed by atoms with E-state index in [1.807, 2.05) is 99.2 Å². The van der Waals surface area contributed by atoms with Gasteiger partial charge >= 0.3 is 5.97 Å². The van der Waals surface area contributed by atoms with Crippen molar-refractivity contribution >= 4 is 20.2 Å². The van der Waals surface area contributed by atoms with Crippen molar-refractivity contribution in [3.05, 3.63) is 35.9 Å². The van der Waals surface area contributed by atoms with Gasteiger partial charge in [0.15, 0.2) is 20.5 Å². The van der Waals surface area contributed by atoms with E-state index in [-0.39, 0.29) is 19.4 Å². The second-order valence-electron chi connectivity index (χ2n) is 11.6. The van der Waals surface area contributed by atoms with Crippen LogP contribution in [0.4, 0.5) is 0 Å². The standard InChI is InChI=1S/C15H24N2O2.C9H21NO3Si.CH4/c1-12(10-13-8-6-5-7-9-13)16-15(19)14(18)11-17(2,3)4;1-10(2,3)7-8(9(11)12)13-14(4,5)6;/h5-9,12,14,18H,10-11H2,1-4H3;8H,7H2,1-6H3;1H4/p+2. The van der Waals surface area contributed by atoms with Gasteiger partial charge in [0.05, 0.1) is 42.3 Å². The number of benzene rings is 1. The molecule has 3 atom stereocenters. The van der Waals surface area contributed by atoms with Crippen LogP contribution < -0.4 is 5.32 Å². The van der Waals surface area contributed by atoms with Crippen molar-refractivity contribution in [2.24, 2.45) is 0 Å². The summed E-state index contributed by atoms with van der Waals surface area (Å²) < 4.78 is 6.75. The van der Waals surface area contributed by atoms with E-state index in [0.717, 1.165) is 6.42 Å². The molecule has 3 N–H and O–H groups in total. The van der Waals surface area contributed by atoms with Crippen LogP contribution in [0, 0.1) is 0 Å². The highest BCUT2D eigenvalue weighted by Gasteiger charge is 2.30. The molecule has 8 nitrogen and oxygen atoms in total. The number of aliphatic hydroxyl groups is 1. The highest BCUT2D eigenvalue weighted by atomic mass is 28.4. The zero-order chi connectivity index (χ0) is 26.0. The fraction of sp³-hybridized carbons (Fsp3) is 0.680. The van der Waals surface area contributed by atoms with Gasteiger partial charge in [0.1, 0.15) is 13.1 Å². The van der Waals surface area contributed by atoms with Crippen LogP contribution in [0.15, 0.2) is 30.3 Å². The number of carboxylic acids is 1. The molecule has 0 spiro atoms. The maximum Gasteiger partial charge on any atom is 0.337 e. The summed E-state index contributed by atoms with van der Waals surface area (Å²) >= 11 is 0. The average molecular weight is 502 g/mol. The number of carboxylic acid groups (broad SMARTS) is 1. The first-order chi connectivity index (χ1) is 14.8. The van der Waals surface area contributed by atoms with Gasteiger partial charge in [-0.15, -0.1) is 0 Å². The number of carbonyl (C=O) groups excluding carboxylic acids is 1. The number of nitrogens with zero attached hydrogens (tertiary/aromatic N) is 2. The fourth-order valence-corrected chi connectivity index (χ4v) is 4.08. The summed E-state index contributed by atoms with van der Waals surface area (Å²) in [6.07, 6.45) is -0.871. The monoisotopic (exact) mass is 501 g/mol. The fourth-order valence-electron chi connectivity index (χ4n) is 3.05. The minimum Gasteiger partial charge on any atom is -0.479 e. The van der Waals surface area contributed by atoms with Crippen molar-refractivity contribution in [3.8, 4) is 0 Å². The Labute approximate surface area is 208 Å². The minimum atomic E-state index is -1.77. The Morgan fingerprint density at radius 3 is 1.82 bits per heavy atom. The van der Waals surface area contributed by atoms with E-state index in [4.69, 9.17) is 9.53 Å². The quantitative estimate of drug-likeness (QED) is 0.320. The molecular formula is C25H51N3O5Si+2. The number of quaternary nitrogens is 2. The third-order valence-corrected chi connectivity index (χ3v) is 5.27. The van der Waals surface area contributed by atoms with Gasteiger partial charge in [0, 0.05) is 6.04 Å². The summed E-state index contributed by atoms with van der Waals surface area (Å²) in [6.45, 7) is 8.85. The van der Waals surface area contributed by atoms with Crippen LogP contribution in [0.1, 0.15) is 19.9 Å². The largest absolute Gasteiger partial charge is 0.479 e.